The first kappa shape index (κ1) is 15.4. The summed E-state index contributed by atoms with van der Waals surface area (Å²) < 4.78 is 0. The number of imide groups is 1. The van der Waals surface area contributed by atoms with Gasteiger partial charge < -0.3 is 0 Å². The number of anilines is 1. The minimum Gasteiger partial charge on any atom is -0.268 e. The summed E-state index contributed by atoms with van der Waals surface area (Å²) in [5.41, 5.74) is 4.68. The standard InChI is InChI=1S/C22H13N3O2/c26-21-16-5-1-2-6-17(16)22(27)25(21)15-11-9-14(10-12-15)20-13-23-18-7-3-4-8-19(18)24-20/h1-13H. The number of nitrogens with zero attached hydrogens (tertiary/aromatic N) is 3. The number of fused-ring (bicyclic) bond motifs is 2. The first-order valence-corrected chi connectivity index (χ1v) is 8.52. The van der Waals surface area contributed by atoms with Gasteiger partial charge in [0.1, 0.15) is 0 Å². The van der Waals surface area contributed by atoms with Gasteiger partial charge in [0.2, 0.25) is 0 Å². The Bertz CT molecular complexity index is 1180. The van der Waals surface area contributed by atoms with Crippen LogP contribution in [0.5, 0.6) is 0 Å². The highest BCUT2D eigenvalue weighted by Crippen LogP contribution is 2.30. The van der Waals surface area contributed by atoms with Crippen LogP contribution in [0.2, 0.25) is 0 Å². The Hall–Kier alpha value is -3.86. The van der Waals surface area contributed by atoms with Gasteiger partial charge in [-0.25, -0.2) is 9.88 Å². The van der Waals surface area contributed by atoms with E-state index in [4.69, 9.17) is 0 Å². The Labute approximate surface area is 154 Å². The molecule has 5 heteroatoms. The normalized spacial score (nSPS) is 13.3. The molecule has 0 atom stereocenters. The molecule has 1 aromatic heterocycles. The van der Waals surface area contributed by atoms with Crippen LogP contribution >= 0.6 is 0 Å². The number of amides is 2. The van der Waals surface area contributed by atoms with Crippen LogP contribution in [0.4, 0.5) is 5.69 Å². The molecule has 128 valence electrons. The summed E-state index contributed by atoms with van der Waals surface area (Å²) in [6, 6.07) is 21.8. The molecule has 0 saturated carbocycles. The van der Waals surface area contributed by atoms with Gasteiger partial charge in [-0.05, 0) is 36.4 Å². The first-order chi connectivity index (χ1) is 13.2. The number of carbonyl (C=O) groups excluding carboxylic acids is 2. The molecule has 5 rings (SSSR count). The summed E-state index contributed by atoms with van der Waals surface area (Å²) in [5, 5.41) is 0. The molecule has 0 fully saturated rings. The number of rotatable bonds is 2. The molecule has 0 radical (unpaired) electrons. The molecule has 0 unspecified atom stereocenters. The van der Waals surface area contributed by atoms with E-state index in [2.05, 4.69) is 9.97 Å². The molecule has 0 spiro atoms. The van der Waals surface area contributed by atoms with E-state index in [0.717, 1.165) is 22.3 Å². The van der Waals surface area contributed by atoms with Gasteiger partial charge >= 0.3 is 0 Å². The molecular formula is C22H13N3O2. The molecule has 5 nitrogen and oxygen atoms in total. The van der Waals surface area contributed by atoms with Crippen molar-refractivity contribution in [3.8, 4) is 11.3 Å². The van der Waals surface area contributed by atoms with E-state index in [1.54, 1.807) is 42.6 Å². The van der Waals surface area contributed by atoms with E-state index in [1.807, 2.05) is 36.4 Å². The fraction of sp³-hybridized carbons (Fsp3) is 0. The second-order valence-corrected chi connectivity index (χ2v) is 6.28. The number of aromatic nitrogens is 2. The van der Waals surface area contributed by atoms with Crippen molar-refractivity contribution >= 4 is 28.5 Å². The van der Waals surface area contributed by atoms with Crippen LogP contribution in [0, 0.1) is 0 Å². The molecule has 0 bridgehead atoms. The minimum absolute atomic E-state index is 0.297. The third-order valence-electron chi connectivity index (χ3n) is 4.66. The fourth-order valence-electron chi connectivity index (χ4n) is 3.30. The zero-order valence-electron chi connectivity index (χ0n) is 14.2. The number of carbonyl (C=O) groups is 2. The van der Waals surface area contributed by atoms with E-state index in [1.165, 1.54) is 4.90 Å². The molecule has 0 N–H and O–H groups in total. The molecule has 2 amide bonds. The maximum absolute atomic E-state index is 12.6. The maximum atomic E-state index is 12.6. The first-order valence-electron chi connectivity index (χ1n) is 8.52. The Morgan fingerprint density at radius 3 is 1.93 bits per heavy atom. The SMILES string of the molecule is O=C1c2ccccc2C(=O)N1c1ccc(-c2cnc3ccccc3n2)cc1. The molecule has 1 aliphatic rings. The lowest BCUT2D eigenvalue weighted by molar-refractivity contribution is 0.0926. The smallest absolute Gasteiger partial charge is 0.266 e. The third kappa shape index (κ3) is 2.40. The number of para-hydroxylation sites is 2. The average Bonchev–Trinajstić information content (AvgIpc) is 2.98. The molecule has 3 aromatic carbocycles. The van der Waals surface area contributed by atoms with E-state index in [-0.39, 0.29) is 11.8 Å². The molecular weight excluding hydrogens is 338 g/mol. The molecule has 2 heterocycles. The van der Waals surface area contributed by atoms with E-state index in [9.17, 15) is 9.59 Å². The predicted octanol–water partition coefficient (Wildman–Crippen LogP) is 4.10. The van der Waals surface area contributed by atoms with Gasteiger partial charge in [-0.1, -0.05) is 36.4 Å². The summed E-state index contributed by atoms with van der Waals surface area (Å²) in [6.07, 6.45) is 1.72. The van der Waals surface area contributed by atoms with Crippen LogP contribution in [-0.2, 0) is 0 Å². The summed E-state index contributed by atoms with van der Waals surface area (Å²) in [7, 11) is 0. The summed E-state index contributed by atoms with van der Waals surface area (Å²) in [4.78, 5) is 35.4. The van der Waals surface area contributed by atoms with Gasteiger partial charge in [0.15, 0.2) is 0 Å². The van der Waals surface area contributed by atoms with E-state index >= 15 is 0 Å². The monoisotopic (exact) mass is 351 g/mol. The van der Waals surface area contributed by atoms with E-state index in [0.29, 0.717) is 16.8 Å². The fourth-order valence-corrected chi connectivity index (χ4v) is 3.30. The predicted molar refractivity (Wildman–Crippen MR) is 103 cm³/mol. The van der Waals surface area contributed by atoms with Gasteiger partial charge in [0.05, 0.1) is 39.7 Å². The highest BCUT2D eigenvalue weighted by molar-refractivity contribution is 6.34. The van der Waals surface area contributed by atoms with Gasteiger partial charge in [-0.15, -0.1) is 0 Å². The van der Waals surface area contributed by atoms with Crippen molar-refractivity contribution in [1.29, 1.82) is 0 Å². The second-order valence-electron chi connectivity index (χ2n) is 6.28. The van der Waals surface area contributed by atoms with Crippen molar-refractivity contribution in [3.63, 3.8) is 0 Å². The second kappa shape index (κ2) is 5.85. The summed E-state index contributed by atoms with van der Waals surface area (Å²) in [6.45, 7) is 0. The topological polar surface area (TPSA) is 63.2 Å². The highest BCUT2D eigenvalue weighted by Gasteiger charge is 2.36. The lowest BCUT2D eigenvalue weighted by Gasteiger charge is -2.14. The zero-order chi connectivity index (χ0) is 18.4. The number of benzene rings is 3. The summed E-state index contributed by atoms with van der Waals surface area (Å²) in [5.74, 6) is -0.595. The minimum atomic E-state index is -0.297. The zero-order valence-corrected chi connectivity index (χ0v) is 14.2. The highest BCUT2D eigenvalue weighted by atomic mass is 16.2. The summed E-state index contributed by atoms with van der Waals surface area (Å²) >= 11 is 0. The number of hydrogen-bond donors (Lipinski definition) is 0. The Balaban J connectivity index is 1.50. The lowest BCUT2D eigenvalue weighted by atomic mass is 10.1. The van der Waals surface area contributed by atoms with Crippen molar-refractivity contribution in [3.05, 3.63) is 90.1 Å². The Kier molecular flexibility index (Phi) is 3.33. The van der Waals surface area contributed by atoms with Crippen molar-refractivity contribution in [1.82, 2.24) is 9.97 Å². The van der Waals surface area contributed by atoms with E-state index < -0.39 is 0 Å². The van der Waals surface area contributed by atoms with Crippen LogP contribution in [0.1, 0.15) is 20.7 Å². The third-order valence-corrected chi connectivity index (χ3v) is 4.66. The lowest BCUT2D eigenvalue weighted by Crippen LogP contribution is -2.29. The van der Waals surface area contributed by atoms with Gasteiger partial charge in [0.25, 0.3) is 11.8 Å². The molecule has 4 aromatic rings. The molecule has 0 saturated heterocycles. The van der Waals surface area contributed by atoms with Gasteiger partial charge in [0, 0.05) is 5.56 Å². The molecule has 0 aliphatic carbocycles. The van der Waals surface area contributed by atoms with Crippen LogP contribution < -0.4 is 4.90 Å². The van der Waals surface area contributed by atoms with Crippen LogP contribution in [-0.4, -0.2) is 21.8 Å². The van der Waals surface area contributed by atoms with Gasteiger partial charge in [-0.2, -0.15) is 0 Å². The quantitative estimate of drug-likeness (QED) is 0.510. The van der Waals surface area contributed by atoms with Crippen molar-refractivity contribution in [2.75, 3.05) is 4.90 Å². The van der Waals surface area contributed by atoms with Crippen LogP contribution in [0.25, 0.3) is 22.3 Å². The van der Waals surface area contributed by atoms with Crippen LogP contribution in [0.15, 0.2) is 79.0 Å². The van der Waals surface area contributed by atoms with Crippen molar-refractivity contribution in [2.45, 2.75) is 0 Å². The maximum Gasteiger partial charge on any atom is 0.266 e. The Morgan fingerprint density at radius 2 is 1.26 bits per heavy atom. The largest absolute Gasteiger partial charge is 0.268 e. The average molecular weight is 351 g/mol. The van der Waals surface area contributed by atoms with Gasteiger partial charge in [-0.3, -0.25) is 14.6 Å². The molecule has 1 aliphatic heterocycles. The van der Waals surface area contributed by atoms with Crippen molar-refractivity contribution < 1.29 is 9.59 Å². The van der Waals surface area contributed by atoms with Crippen LogP contribution in [0.3, 0.4) is 0 Å². The number of hydrogen-bond acceptors (Lipinski definition) is 4. The Morgan fingerprint density at radius 1 is 0.667 bits per heavy atom. The molecule has 27 heavy (non-hydrogen) atoms. The van der Waals surface area contributed by atoms with Crippen molar-refractivity contribution in [2.24, 2.45) is 0 Å².